The van der Waals surface area contributed by atoms with Crippen molar-refractivity contribution < 1.29 is 9.90 Å². The molecular weight excluding hydrogens is 402 g/mol. The summed E-state index contributed by atoms with van der Waals surface area (Å²) in [7, 11) is 0. The molecule has 32 heavy (non-hydrogen) atoms. The van der Waals surface area contributed by atoms with Crippen molar-refractivity contribution in [3.8, 4) is 5.69 Å². The highest BCUT2D eigenvalue weighted by Gasteiger charge is 2.30. The van der Waals surface area contributed by atoms with Gasteiger partial charge in [0.05, 0.1) is 11.4 Å². The number of hydrogen-bond acceptors (Lipinski definition) is 4. The highest BCUT2D eigenvalue weighted by molar-refractivity contribution is 5.89. The Hall–Kier alpha value is -3.16. The lowest BCUT2D eigenvalue weighted by Gasteiger charge is -2.38. The number of urea groups is 1. The monoisotopic (exact) mass is 433 g/mol. The largest absolute Gasteiger partial charge is 0.396 e. The highest BCUT2D eigenvalue weighted by atomic mass is 16.3. The van der Waals surface area contributed by atoms with E-state index in [1.54, 1.807) is 0 Å². The molecule has 0 bridgehead atoms. The van der Waals surface area contributed by atoms with Crippen molar-refractivity contribution in [2.24, 2.45) is 5.92 Å². The van der Waals surface area contributed by atoms with Gasteiger partial charge in [-0.15, -0.1) is 0 Å². The lowest BCUT2D eigenvalue weighted by Crippen LogP contribution is -2.52. The third-order valence-electron chi connectivity index (χ3n) is 5.98. The van der Waals surface area contributed by atoms with Gasteiger partial charge in [-0.2, -0.15) is 5.10 Å². The Labute approximate surface area is 189 Å². The summed E-state index contributed by atoms with van der Waals surface area (Å²) in [6, 6.07) is 19.7. The van der Waals surface area contributed by atoms with E-state index in [2.05, 4.69) is 32.8 Å². The van der Waals surface area contributed by atoms with Crippen LogP contribution in [-0.2, 0) is 6.54 Å². The van der Waals surface area contributed by atoms with Gasteiger partial charge in [-0.3, -0.25) is 4.90 Å². The fourth-order valence-electron chi connectivity index (χ4n) is 4.41. The summed E-state index contributed by atoms with van der Waals surface area (Å²) >= 11 is 0. The van der Waals surface area contributed by atoms with E-state index in [9.17, 15) is 9.90 Å². The topological polar surface area (TPSA) is 82.4 Å². The van der Waals surface area contributed by atoms with Gasteiger partial charge in [0.15, 0.2) is 0 Å². The summed E-state index contributed by atoms with van der Waals surface area (Å²) in [5.74, 6) is -0.000698. The van der Waals surface area contributed by atoms with Gasteiger partial charge in [0.1, 0.15) is 0 Å². The Morgan fingerprint density at radius 3 is 2.66 bits per heavy atom. The number of aliphatic hydroxyl groups excluding tert-OH is 1. The number of likely N-dealkylation sites (tertiary alicyclic amines) is 1. The molecule has 7 nitrogen and oxygen atoms in total. The first kappa shape index (κ1) is 22.0. The molecule has 2 atom stereocenters. The summed E-state index contributed by atoms with van der Waals surface area (Å²) < 4.78 is 1.86. The average Bonchev–Trinajstić information content (AvgIpc) is 3.13. The molecule has 3 N–H and O–H groups in total. The maximum Gasteiger partial charge on any atom is 0.319 e. The van der Waals surface area contributed by atoms with Crippen molar-refractivity contribution in [2.45, 2.75) is 32.9 Å². The summed E-state index contributed by atoms with van der Waals surface area (Å²) in [5, 5.41) is 20.4. The lowest BCUT2D eigenvalue weighted by atomic mass is 9.92. The molecular formula is C25H31N5O2. The SMILES string of the molecule is Cc1cc(C)n(-c2cccc(NC(=O)N[C@@H]3CCN(Cc4ccccc4)C[C@@H]3CO)c2)n1. The van der Waals surface area contributed by atoms with Gasteiger partial charge in [0.25, 0.3) is 0 Å². The Balaban J connectivity index is 1.35. The fourth-order valence-corrected chi connectivity index (χ4v) is 4.41. The van der Waals surface area contributed by atoms with E-state index in [0.29, 0.717) is 5.69 Å². The molecule has 0 aliphatic carbocycles. The zero-order chi connectivity index (χ0) is 22.5. The maximum absolute atomic E-state index is 12.7. The predicted octanol–water partition coefficient (Wildman–Crippen LogP) is 3.49. The number of carbonyl (C=O) groups is 1. The number of hydrogen-bond donors (Lipinski definition) is 3. The minimum absolute atomic E-state index is 0.000698. The number of aromatic nitrogens is 2. The van der Waals surface area contributed by atoms with Crippen molar-refractivity contribution in [3.05, 3.63) is 77.6 Å². The molecule has 0 radical (unpaired) electrons. The minimum Gasteiger partial charge on any atom is -0.396 e. The van der Waals surface area contributed by atoms with Crippen molar-refractivity contribution in [2.75, 3.05) is 25.0 Å². The molecule has 2 aromatic carbocycles. The molecule has 0 spiro atoms. The second-order valence-electron chi connectivity index (χ2n) is 8.55. The second-order valence-corrected chi connectivity index (χ2v) is 8.55. The van der Waals surface area contributed by atoms with Crippen LogP contribution in [-0.4, -0.2) is 51.6 Å². The van der Waals surface area contributed by atoms with E-state index in [-0.39, 0.29) is 24.6 Å². The quantitative estimate of drug-likeness (QED) is 0.556. The number of nitrogens with one attached hydrogen (secondary N) is 2. The van der Waals surface area contributed by atoms with Crippen molar-refractivity contribution in [1.29, 1.82) is 0 Å². The smallest absolute Gasteiger partial charge is 0.319 e. The predicted molar refractivity (Wildman–Crippen MR) is 126 cm³/mol. The number of aliphatic hydroxyl groups is 1. The highest BCUT2D eigenvalue weighted by Crippen LogP contribution is 2.20. The zero-order valence-corrected chi connectivity index (χ0v) is 18.7. The van der Waals surface area contributed by atoms with Crippen LogP contribution in [0.15, 0.2) is 60.7 Å². The molecule has 0 saturated carbocycles. The zero-order valence-electron chi connectivity index (χ0n) is 18.7. The Kier molecular flexibility index (Phi) is 6.87. The van der Waals surface area contributed by atoms with Gasteiger partial charge in [-0.05, 0) is 50.1 Å². The van der Waals surface area contributed by atoms with Crippen LogP contribution in [0.2, 0.25) is 0 Å². The number of piperidine rings is 1. The van der Waals surface area contributed by atoms with Gasteiger partial charge in [-0.1, -0.05) is 36.4 Å². The fraction of sp³-hybridized carbons (Fsp3) is 0.360. The molecule has 168 valence electrons. The molecule has 1 aliphatic heterocycles. The number of benzene rings is 2. The molecule has 3 aromatic rings. The molecule has 7 heteroatoms. The van der Waals surface area contributed by atoms with E-state index in [1.165, 1.54) is 5.56 Å². The number of aryl methyl sites for hydroxylation is 2. The van der Waals surface area contributed by atoms with E-state index in [0.717, 1.165) is 43.1 Å². The molecule has 0 unspecified atom stereocenters. The molecule has 1 aromatic heterocycles. The van der Waals surface area contributed by atoms with E-state index < -0.39 is 0 Å². The average molecular weight is 434 g/mol. The van der Waals surface area contributed by atoms with E-state index >= 15 is 0 Å². The maximum atomic E-state index is 12.7. The Bertz CT molecular complexity index is 1050. The number of carbonyl (C=O) groups excluding carboxylic acids is 1. The molecule has 2 heterocycles. The van der Waals surface area contributed by atoms with Crippen molar-refractivity contribution >= 4 is 11.7 Å². The molecule has 1 aliphatic rings. The first-order valence-corrected chi connectivity index (χ1v) is 11.1. The van der Waals surface area contributed by atoms with Crippen molar-refractivity contribution in [3.63, 3.8) is 0 Å². The van der Waals surface area contributed by atoms with E-state index in [4.69, 9.17) is 0 Å². The molecule has 1 saturated heterocycles. The Morgan fingerprint density at radius 1 is 1.12 bits per heavy atom. The van der Waals surface area contributed by atoms with Crippen LogP contribution < -0.4 is 10.6 Å². The van der Waals surface area contributed by atoms with Crippen LogP contribution in [0.4, 0.5) is 10.5 Å². The normalized spacial score (nSPS) is 19.0. The summed E-state index contributed by atoms with van der Waals surface area (Å²) in [6.45, 7) is 6.50. The lowest BCUT2D eigenvalue weighted by molar-refractivity contribution is 0.0895. The van der Waals surface area contributed by atoms with Crippen LogP contribution in [0, 0.1) is 19.8 Å². The van der Waals surface area contributed by atoms with E-state index in [1.807, 2.05) is 67.1 Å². The first-order valence-electron chi connectivity index (χ1n) is 11.1. The van der Waals surface area contributed by atoms with Crippen molar-refractivity contribution in [1.82, 2.24) is 20.0 Å². The standard InChI is InChI=1S/C25H31N5O2/c1-18-13-19(2)30(28-18)23-10-6-9-22(14-23)26-25(32)27-24-11-12-29(16-21(24)17-31)15-20-7-4-3-5-8-20/h3-10,13-14,21,24,31H,11-12,15-17H2,1-2H3,(H2,26,27,32)/t21-,24-/m1/s1. The number of nitrogens with zero attached hydrogens (tertiary/aromatic N) is 3. The van der Waals surface area contributed by atoms with Gasteiger partial charge >= 0.3 is 6.03 Å². The van der Waals surface area contributed by atoms with Gasteiger partial charge in [0.2, 0.25) is 0 Å². The van der Waals surface area contributed by atoms with Gasteiger partial charge in [0, 0.05) is 49.6 Å². The summed E-state index contributed by atoms with van der Waals surface area (Å²) in [6.07, 6.45) is 0.803. The first-order chi connectivity index (χ1) is 15.5. The number of rotatable bonds is 6. The molecule has 2 amide bonds. The van der Waals surface area contributed by atoms with Gasteiger partial charge < -0.3 is 15.7 Å². The number of amides is 2. The van der Waals surface area contributed by atoms with Gasteiger partial charge in [-0.25, -0.2) is 9.48 Å². The van der Waals surface area contributed by atoms with Crippen LogP contribution >= 0.6 is 0 Å². The van der Waals surface area contributed by atoms with Crippen LogP contribution in [0.1, 0.15) is 23.4 Å². The third-order valence-corrected chi connectivity index (χ3v) is 5.98. The third kappa shape index (κ3) is 5.36. The molecule has 4 rings (SSSR count). The summed E-state index contributed by atoms with van der Waals surface area (Å²) in [5.41, 5.74) is 4.85. The number of anilines is 1. The summed E-state index contributed by atoms with van der Waals surface area (Å²) in [4.78, 5) is 15.0. The van der Waals surface area contributed by atoms with Crippen LogP contribution in [0.25, 0.3) is 5.69 Å². The van der Waals surface area contributed by atoms with Crippen LogP contribution in [0.3, 0.4) is 0 Å². The molecule has 1 fully saturated rings. The second kappa shape index (κ2) is 9.97. The van der Waals surface area contributed by atoms with Crippen LogP contribution in [0.5, 0.6) is 0 Å². The Morgan fingerprint density at radius 2 is 1.94 bits per heavy atom. The minimum atomic E-state index is -0.254.